The normalized spacial score (nSPS) is 17.4. The van der Waals surface area contributed by atoms with Crippen molar-refractivity contribution in [3.8, 4) is 0 Å². The van der Waals surface area contributed by atoms with Gasteiger partial charge in [0.15, 0.2) is 0 Å². The van der Waals surface area contributed by atoms with Crippen LogP contribution in [0.5, 0.6) is 0 Å². The molecular formula is C15H21NO. The van der Waals surface area contributed by atoms with Crippen molar-refractivity contribution in [1.82, 2.24) is 4.90 Å². The van der Waals surface area contributed by atoms with E-state index in [1.807, 2.05) is 11.9 Å². The van der Waals surface area contributed by atoms with Crippen LogP contribution in [0.25, 0.3) is 0 Å². The van der Waals surface area contributed by atoms with Gasteiger partial charge >= 0.3 is 0 Å². The molecule has 2 nitrogen and oxygen atoms in total. The molecule has 0 aromatic heterocycles. The largest absolute Gasteiger partial charge is 0.339 e. The first-order chi connectivity index (χ1) is 8.09. The number of nitrogens with zero attached hydrogens (tertiary/aromatic N) is 1. The van der Waals surface area contributed by atoms with Gasteiger partial charge < -0.3 is 4.90 Å². The number of aryl methyl sites for hydroxylation is 1. The summed E-state index contributed by atoms with van der Waals surface area (Å²) < 4.78 is 0. The van der Waals surface area contributed by atoms with Gasteiger partial charge in [-0.3, -0.25) is 4.79 Å². The van der Waals surface area contributed by atoms with Crippen molar-refractivity contribution < 1.29 is 4.79 Å². The molecule has 1 unspecified atom stereocenters. The average Bonchev–Trinajstić information content (AvgIpc) is 2.25. The Hall–Kier alpha value is -1.31. The molecule has 1 aromatic rings. The van der Waals surface area contributed by atoms with Crippen LogP contribution in [0.2, 0.25) is 0 Å². The molecule has 1 aliphatic rings. The van der Waals surface area contributed by atoms with E-state index < -0.39 is 0 Å². The molecule has 0 radical (unpaired) electrons. The Labute approximate surface area is 104 Å². The Kier molecular flexibility index (Phi) is 3.51. The van der Waals surface area contributed by atoms with E-state index in [9.17, 15) is 4.79 Å². The summed E-state index contributed by atoms with van der Waals surface area (Å²) in [6, 6.07) is 8.61. The highest BCUT2D eigenvalue weighted by atomic mass is 16.2. The van der Waals surface area contributed by atoms with E-state index >= 15 is 0 Å². The van der Waals surface area contributed by atoms with E-state index in [4.69, 9.17) is 0 Å². The maximum atomic E-state index is 12.1. The summed E-state index contributed by atoms with van der Waals surface area (Å²) in [4.78, 5) is 14.0. The van der Waals surface area contributed by atoms with Crippen molar-refractivity contribution in [2.45, 2.75) is 39.2 Å². The molecule has 0 heterocycles. The molecule has 0 bridgehead atoms. The third-order valence-electron chi connectivity index (χ3n) is 3.94. The molecule has 1 amide bonds. The number of carbonyl (C=O) groups is 1. The average molecular weight is 231 g/mol. The van der Waals surface area contributed by atoms with Gasteiger partial charge in [-0.05, 0) is 32.3 Å². The van der Waals surface area contributed by atoms with Gasteiger partial charge in [0.25, 0.3) is 0 Å². The molecule has 1 aliphatic carbocycles. The molecule has 1 aromatic carbocycles. The van der Waals surface area contributed by atoms with Gasteiger partial charge in [-0.1, -0.05) is 36.2 Å². The first-order valence-corrected chi connectivity index (χ1v) is 6.43. The Bertz CT molecular complexity index is 392. The predicted molar refractivity (Wildman–Crippen MR) is 69.7 cm³/mol. The lowest BCUT2D eigenvalue weighted by Gasteiger charge is -2.33. The molecular weight excluding hydrogens is 210 g/mol. The second-order valence-corrected chi connectivity index (χ2v) is 5.16. The van der Waals surface area contributed by atoms with Gasteiger partial charge in [0.1, 0.15) is 0 Å². The lowest BCUT2D eigenvalue weighted by molar-refractivity contribution is -0.138. The van der Waals surface area contributed by atoms with E-state index in [1.165, 1.54) is 17.5 Å². The highest BCUT2D eigenvalue weighted by Gasteiger charge is 2.29. The van der Waals surface area contributed by atoms with Crippen molar-refractivity contribution in [3.63, 3.8) is 0 Å². The Morgan fingerprint density at radius 2 is 1.88 bits per heavy atom. The highest BCUT2D eigenvalue weighted by Crippen LogP contribution is 2.30. The molecule has 2 rings (SSSR count). The predicted octanol–water partition coefficient (Wildman–Crippen LogP) is 3.31. The summed E-state index contributed by atoms with van der Waals surface area (Å²) in [5.74, 6) is 0.595. The molecule has 1 saturated carbocycles. The highest BCUT2D eigenvalue weighted by molar-refractivity contribution is 5.79. The molecule has 0 saturated heterocycles. The zero-order valence-electron chi connectivity index (χ0n) is 10.9. The fraction of sp³-hybridized carbons (Fsp3) is 0.533. The third kappa shape index (κ3) is 2.51. The van der Waals surface area contributed by atoms with E-state index in [2.05, 4.69) is 38.1 Å². The standard InChI is InChI=1S/C15H21NO/c1-11-7-9-13(10-8-11)12(2)16(3)15(17)14-5-4-6-14/h7-10,12,14H,4-6H2,1-3H3. The van der Waals surface area contributed by atoms with Crippen LogP contribution in [0.15, 0.2) is 24.3 Å². The van der Waals surface area contributed by atoms with Crippen LogP contribution in [0, 0.1) is 12.8 Å². The molecule has 17 heavy (non-hydrogen) atoms. The smallest absolute Gasteiger partial charge is 0.225 e. The second-order valence-electron chi connectivity index (χ2n) is 5.16. The number of amides is 1. The summed E-state index contributed by atoms with van der Waals surface area (Å²) >= 11 is 0. The van der Waals surface area contributed by atoms with Gasteiger partial charge in [0.2, 0.25) is 5.91 Å². The first kappa shape index (κ1) is 12.2. The third-order valence-corrected chi connectivity index (χ3v) is 3.94. The van der Waals surface area contributed by atoms with E-state index in [0.717, 1.165) is 12.8 Å². The number of benzene rings is 1. The summed E-state index contributed by atoms with van der Waals surface area (Å²) in [6.45, 7) is 4.18. The Morgan fingerprint density at radius 1 is 1.29 bits per heavy atom. The quantitative estimate of drug-likeness (QED) is 0.781. The lowest BCUT2D eigenvalue weighted by atomic mass is 9.84. The monoisotopic (exact) mass is 231 g/mol. The van der Waals surface area contributed by atoms with E-state index in [0.29, 0.717) is 5.91 Å². The van der Waals surface area contributed by atoms with E-state index in [1.54, 1.807) is 0 Å². The van der Waals surface area contributed by atoms with Crippen LogP contribution in [-0.4, -0.2) is 17.9 Å². The maximum absolute atomic E-state index is 12.1. The summed E-state index contributed by atoms with van der Waals surface area (Å²) in [5.41, 5.74) is 2.47. The summed E-state index contributed by atoms with van der Waals surface area (Å²) in [6.07, 6.45) is 3.36. The first-order valence-electron chi connectivity index (χ1n) is 6.43. The van der Waals surface area contributed by atoms with Gasteiger partial charge in [0.05, 0.1) is 6.04 Å². The maximum Gasteiger partial charge on any atom is 0.225 e. The molecule has 2 heteroatoms. The molecule has 0 aliphatic heterocycles. The SMILES string of the molecule is Cc1ccc(C(C)N(C)C(=O)C2CCC2)cc1. The van der Waals surface area contributed by atoms with Crippen molar-refractivity contribution in [3.05, 3.63) is 35.4 Å². The van der Waals surface area contributed by atoms with Gasteiger partial charge in [-0.15, -0.1) is 0 Å². The lowest BCUT2D eigenvalue weighted by Crippen LogP contribution is -2.37. The Morgan fingerprint density at radius 3 is 2.35 bits per heavy atom. The van der Waals surface area contributed by atoms with Crippen LogP contribution in [0.4, 0.5) is 0 Å². The van der Waals surface area contributed by atoms with Gasteiger partial charge in [0, 0.05) is 13.0 Å². The van der Waals surface area contributed by atoms with Gasteiger partial charge in [-0.2, -0.15) is 0 Å². The minimum atomic E-state index is 0.170. The van der Waals surface area contributed by atoms with Crippen LogP contribution in [0.3, 0.4) is 0 Å². The van der Waals surface area contributed by atoms with Crippen molar-refractivity contribution in [2.75, 3.05) is 7.05 Å². The van der Waals surface area contributed by atoms with Crippen molar-refractivity contribution >= 4 is 5.91 Å². The van der Waals surface area contributed by atoms with Crippen molar-refractivity contribution in [2.24, 2.45) is 5.92 Å². The fourth-order valence-corrected chi connectivity index (χ4v) is 2.20. The van der Waals surface area contributed by atoms with Crippen LogP contribution < -0.4 is 0 Å². The molecule has 1 atom stereocenters. The topological polar surface area (TPSA) is 20.3 Å². The van der Waals surface area contributed by atoms with Crippen LogP contribution in [-0.2, 0) is 4.79 Å². The fourth-order valence-electron chi connectivity index (χ4n) is 2.20. The molecule has 92 valence electrons. The van der Waals surface area contributed by atoms with Crippen LogP contribution >= 0.6 is 0 Å². The zero-order valence-corrected chi connectivity index (χ0v) is 10.9. The summed E-state index contributed by atoms with van der Waals surface area (Å²) in [7, 11) is 1.92. The minimum absolute atomic E-state index is 0.170. The number of rotatable bonds is 3. The second kappa shape index (κ2) is 4.91. The summed E-state index contributed by atoms with van der Waals surface area (Å²) in [5, 5.41) is 0. The molecule has 0 N–H and O–H groups in total. The van der Waals surface area contributed by atoms with E-state index in [-0.39, 0.29) is 12.0 Å². The van der Waals surface area contributed by atoms with Crippen LogP contribution in [0.1, 0.15) is 43.4 Å². The van der Waals surface area contributed by atoms with Gasteiger partial charge in [-0.25, -0.2) is 0 Å². The number of hydrogen-bond acceptors (Lipinski definition) is 1. The zero-order chi connectivity index (χ0) is 12.4. The molecule has 0 spiro atoms. The molecule has 1 fully saturated rings. The number of carbonyl (C=O) groups excluding carboxylic acids is 1. The Balaban J connectivity index is 2.05. The van der Waals surface area contributed by atoms with Crippen molar-refractivity contribution in [1.29, 1.82) is 0 Å². The minimum Gasteiger partial charge on any atom is -0.339 e. The number of hydrogen-bond donors (Lipinski definition) is 0.